The van der Waals surface area contributed by atoms with Gasteiger partial charge in [0, 0.05) is 22.8 Å². The fourth-order valence-corrected chi connectivity index (χ4v) is 2.89. The van der Waals surface area contributed by atoms with Crippen molar-refractivity contribution in [3.05, 3.63) is 90.0 Å². The lowest BCUT2D eigenvalue weighted by atomic mass is 10.2. The Bertz CT molecular complexity index is 983. The lowest BCUT2D eigenvalue weighted by molar-refractivity contribution is -0.508. The summed E-state index contributed by atoms with van der Waals surface area (Å²) in [7, 11) is 1.66. The standard InChI is InChI=1S/C22H21N4O.BrH/c1-17-8-12-20(13-9-17)26-16-25(19-6-4-3-5-7-19)23-22(24-26)18-10-14-21(27-2)15-11-18;/h3-15H,16H2,1-2H3;1H/q+1;/p-1. The molecule has 3 aromatic rings. The number of nitrogens with zero attached hydrogens (tertiary/aromatic N) is 4. The maximum atomic E-state index is 5.26. The third-order valence-electron chi connectivity index (χ3n) is 4.43. The van der Waals surface area contributed by atoms with Gasteiger partial charge < -0.3 is 21.7 Å². The molecule has 5 nitrogen and oxygen atoms in total. The van der Waals surface area contributed by atoms with Crippen LogP contribution >= 0.6 is 0 Å². The predicted octanol–water partition coefficient (Wildman–Crippen LogP) is 1.94. The zero-order chi connectivity index (χ0) is 18.6. The van der Waals surface area contributed by atoms with Crippen LogP contribution in [0.4, 0.5) is 11.4 Å². The Morgan fingerprint density at radius 1 is 0.893 bits per heavy atom. The summed E-state index contributed by atoms with van der Waals surface area (Å²) in [6, 6.07) is 26.3. The Balaban J connectivity index is 0.00000225. The lowest BCUT2D eigenvalue weighted by Crippen LogP contribution is -3.00. The first kappa shape index (κ1) is 19.8. The highest BCUT2D eigenvalue weighted by molar-refractivity contribution is 5.99. The Morgan fingerprint density at radius 3 is 2.21 bits per heavy atom. The Morgan fingerprint density at radius 2 is 1.57 bits per heavy atom. The molecule has 0 aliphatic carbocycles. The zero-order valence-electron chi connectivity index (χ0n) is 15.8. The van der Waals surface area contributed by atoms with Gasteiger partial charge in [0.2, 0.25) is 11.5 Å². The monoisotopic (exact) mass is 436 g/mol. The minimum absolute atomic E-state index is 0. The van der Waals surface area contributed by atoms with Crippen molar-refractivity contribution in [1.82, 2.24) is 0 Å². The topological polar surface area (TPSA) is 40.2 Å². The molecule has 0 saturated carbocycles. The van der Waals surface area contributed by atoms with Gasteiger partial charge in [0.25, 0.3) is 6.67 Å². The summed E-state index contributed by atoms with van der Waals surface area (Å²) in [5.74, 6) is 1.47. The van der Waals surface area contributed by atoms with Crippen molar-refractivity contribution in [1.29, 1.82) is 0 Å². The molecule has 1 aliphatic heterocycles. The molecule has 142 valence electrons. The molecule has 28 heavy (non-hydrogen) atoms. The van der Waals surface area contributed by atoms with Crippen LogP contribution in [0.15, 0.2) is 89.1 Å². The summed E-state index contributed by atoms with van der Waals surface area (Å²) >= 11 is 0. The van der Waals surface area contributed by atoms with E-state index >= 15 is 0 Å². The highest BCUT2D eigenvalue weighted by Crippen LogP contribution is 2.23. The number of ether oxygens (including phenoxy) is 1. The minimum atomic E-state index is 0. The maximum absolute atomic E-state index is 5.26. The third kappa shape index (κ3) is 4.28. The van der Waals surface area contributed by atoms with Crippen molar-refractivity contribution in [2.75, 3.05) is 18.8 Å². The van der Waals surface area contributed by atoms with Crippen LogP contribution in [0.25, 0.3) is 0 Å². The van der Waals surface area contributed by atoms with E-state index in [0.717, 1.165) is 22.7 Å². The Labute approximate surface area is 175 Å². The number of halogens is 1. The van der Waals surface area contributed by atoms with Gasteiger partial charge in [-0.05, 0) is 43.3 Å². The highest BCUT2D eigenvalue weighted by Gasteiger charge is 2.25. The van der Waals surface area contributed by atoms with Crippen LogP contribution in [0.5, 0.6) is 5.75 Å². The van der Waals surface area contributed by atoms with Crippen LogP contribution in [0.1, 0.15) is 11.1 Å². The van der Waals surface area contributed by atoms with Gasteiger partial charge in [-0.25, -0.2) is 5.01 Å². The molecule has 0 saturated heterocycles. The van der Waals surface area contributed by atoms with Crippen LogP contribution in [0, 0.1) is 6.92 Å². The third-order valence-corrected chi connectivity index (χ3v) is 4.43. The van der Waals surface area contributed by atoms with Crippen LogP contribution < -0.4 is 26.7 Å². The number of benzene rings is 3. The molecule has 0 spiro atoms. The van der Waals surface area contributed by atoms with Gasteiger partial charge >= 0.3 is 0 Å². The average molecular weight is 437 g/mol. The van der Waals surface area contributed by atoms with Gasteiger partial charge in [0.05, 0.1) is 12.8 Å². The molecule has 0 radical (unpaired) electrons. The second-order valence-electron chi connectivity index (χ2n) is 6.36. The minimum Gasteiger partial charge on any atom is -1.00 e. The number of azo groups is 2. The summed E-state index contributed by atoms with van der Waals surface area (Å²) in [5.41, 5.74) is 4.21. The average Bonchev–Trinajstić information content (AvgIpc) is 2.74. The summed E-state index contributed by atoms with van der Waals surface area (Å²) < 4.78 is 7.23. The number of anilines is 1. The highest BCUT2D eigenvalue weighted by atomic mass is 79.9. The van der Waals surface area contributed by atoms with E-state index in [4.69, 9.17) is 15.0 Å². The molecule has 0 unspecified atom stereocenters. The molecule has 6 heteroatoms. The Hall–Kier alpha value is -2.99. The van der Waals surface area contributed by atoms with Crippen molar-refractivity contribution < 1.29 is 26.4 Å². The molecule has 0 N–H and O–H groups in total. The number of rotatable bonds is 4. The second-order valence-corrected chi connectivity index (χ2v) is 6.36. The fourth-order valence-electron chi connectivity index (χ4n) is 2.89. The van der Waals surface area contributed by atoms with E-state index in [1.807, 2.05) is 64.3 Å². The van der Waals surface area contributed by atoms with Crippen molar-refractivity contribution >= 4 is 17.2 Å². The van der Waals surface area contributed by atoms with Crippen molar-refractivity contribution in [2.45, 2.75) is 6.92 Å². The van der Waals surface area contributed by atoms with E-state index < -0.39 is 0 Å². The van der Waals surface area contributed by atoms with Gasteiger partial charge in [-0.15, -0.1) is 5.10 Å². The van der Waals surface area contributed by atoms with Crippen molar-refractivity contribution in [3.8, 4) is 5.75 Å². The van der Waals surface area contributed by atoms with E-state index in [9.17, 15) is 0 Å². The Kier molecular flexibility index (Phi) is 6.21. The van der Waals surface area contributed by atoms with Crippen LogP contribution in [-0.4, -0.2) is 24.3 Å². The largest absolute Gasteiger partial charge is 1.00 e. The number of methoxy groups -OCH3 is 1. The zero-order valence-corrected chi connectivity index (χ0v) is 17.4. The first-order valence-corrected chi connectivity index (χ1v) is 8.84. The molecule has 0 fully saturated rings. The second kappa shape index (κ2) is 8.80. The summed E-state index contributed by atoms with van der Waals surface area (Å²) in [6.07, 6.45) is 0. The first-order valence-electron chi connectivity index (χ1n) is 8.84. The van der Waals surface area contributed by atoms with Gasteiger partial charge in [0.1, 0.15) is 5.75 Å². The molecular formula is C22H21BrN4O. The quantitative estimate of drug-likeness (QED) is 0.586. The molecule has 0 bridgehead atoms. The van der Waals surface area contributed by atoms with E-state index in [-0.39, 0.29) is 17.0 Å². The molecule has 0 aromatic heterocycles. The van der Waals surface area contributed by atoms with E-state index in [1.54, 1.807) is 7.11 Å². The fraction of sp³-hybridized carbons (Fsp3) is 0.136. The van der Waals surface area contributed by atoms with Crippen LogP contribution in [0.3, 0.4) is 0 Å². The molecule has 4 rings (SSSR count). The van der Waals surface area contributed by atoms with Gasteiger partial charge in [0.15, 0.2) is 0 Å². The van der Waals surface area contributed by atoms with Crippen LogP contribution in [-0.2, 0) is 0 Å². The number of hydrogen-bond donors (Lipinski definition) is 0. The first-order chi connectivity index (χ1) is 13.2. The number of para-hydroxylation sites is 1. The van der Waals surface area contributed by atoms with Gasteiger partial charge in [-0.2, -0.15) is 0 Å². The van der Waals surface area contributed by atoms with E-state index in [0.29, 0.717) is 12.5 Å². The van der Waals surface area contributed by atoms with E-state index in [1.165, 1.54) is 5.56 Å². The van der Waals surface area contributed by atoms with Gasteiger partial charge in [-0.3, -0.25) is 0 Å². The number of amidine groups is 1. The molecular weight excluding hydrogens is 416 g/mol. The lowest BCUT2D eigenvalue weighted by Gasteiger charge is -2.20. The molecule has 0 amide bonds. The SMILES string of the molecule is COc1ccc(C2=NN(c3ccccc3)C[N+](c3ccc(C)cc3)=N2)cc1.[Br-]. The summed E-state index contributed by atoms with van der Waals surface area (Å²) in [4.78, 5) is 0. The molecule has 1 heterocycles. The van der Waals surface area contributed by atoms with Crippen LogP contribution in [0.2, 0.25) is 0 Å². The van der Waals surface area contributed by atoms with Gasteiger partial charge in [-0.1, -0.05) is 40.6 Å². The number of hydrazone groups is 1. The van der Waals surface area contributed by atoms with Crippen molar-refractivity contribution in [2.24, 2.45) is 10.2 Å². The summed E-state index contributed by atoms with van der Waals surface area (Å²) in [6.45, 7) is 2.63. The maximum Gasteiger partial charge on any atom is 0.269 e. The summed E-state index contributed by atoms with van der Waals surface area (Å²) in [5, 5.41) is 11.5. The van der Waals surface area contributed by atoms with E-state index in [2.05, 4.69) is 31.2 Å². The molecule has 1 aliphatic rings. The normalized spacial score (nSPS) is 13.3. The molecule has 3 aromatic carbocycles. The smallest absolute Gasteiger partial charge is 0.269 e. The number of hydrogen-bond acceptors (Lipinski definition) is 4. The van der Waals surface area contributed by atoms with Crippen molar-refractivity contribution in [3.63, 3.8) is 0 Å². The predicted molar refractivity (Wildman–Crippen MR) is 107 cm³/mol. The number of aryl methyl sites for hydroxylation is 1. The molecule has 0 atom stereocenters.